The first kappa shape index (κ1) is 106. The van der Waals surface area contributed by atoms with Gasteiger partial charge in [-0.2, -0.15) is 21.0 Å². The van der Waals surface area contributed by atoms with E-state index >= 15 is 0 Å². The van der Waals surface area contributed by atoms with Crippen molar-refractivity contribution in [1.82, 2.24) is 41.2 Å². The third-order valence-corrected chi connectivity index (χ3v) is 25.4. The molecule has 36 heteroatoms. The lowest BCUT2D eigenvalue weighted by Crippen LogP contribution is -2.43. The molecule has 0 unspecified atom stereocenters. The predicted molar refractivity (Wildman–Crippen MR) is 546 cm³/mol. The fourth-order valence-electron chi connectivity index (χ4n) is 16.0. The zero-order valence-corrected chi connectivity index (χ0v) is 82.5. The Morgan fingerprint density at radius 1 is 0.290 bits per heavy atom. The summed E-state index contributed by atoms with van der Waals surface area (Å²) in [5.74, 6) is -9.58. The molecular formula is C109H74Cl8F4N12O12. The molecule has 0 fully saturated rings. The number of rotatable bonds is 24. The number of carbonyl (C=O) groups is 8. The summed E-state index contributed by atoms with van der Waals surface area (Å²) in [4.78, 5) is 120. The molecule has 0 radical (unpaired) electrons. The number of carbonyl (C=O) groups excluding carboxylic acids is 8. The molecule has 16 rings (SSSR count). The molecule has 726 valence electrons. The number of nitriles is 4. The molecule has 24 nitrogen and oxygen atoms in total. The molecule has 0 saturated carbocycles. The monoisotopic (exact) mass is 2100 g/mol. The minimum Gasteiger partial charge on any atom is -0.467 e. The molecule has 0 bridgehead atoms. The van der Waals surface area contributed by atoms with Crippen LogP contribution in [0.1, 0.15) is 91.5 Å². The molecule has 0 aliphatic carbocycles. The van der Waals surface area contributed by atoms with Crippen LogP contribution in [0.5, 0.6) is 0 Å². The van der Waals surface area contributed by atoms with Gasteiger partial charge in [0.2, 0.25) is 0 Å². The van der Waals surface area contributed by atoms with Crippen molar-refractivity contribution in [1.29, 1.82) is 21.0 Å². The highest BCUT2D eigenvalue weighted by atomic mass is 35.5. The van der Waals surface area contributed by atoms with Crippen LogP contribution >= 0.6 is 92.8 Å². The van der Waals surface area contributed by atoms with E-state index in [0.29, 0.717) is 130 Å². The summed E-state index contributed by atoms with van der Waals surface area (Å²) in [6.45, 7) is 1.62. The number of nitrogens with one attached hydrogen (secondary N) is 4. The van der Waals surface area contributed by atoms with Crippen LogP contribution in [0, 0.1) is 75.5 Å². The number of aromatic nitrogens is 4. The summed E-state index contributed by atoms with van der Waals surface area (Å²) in [6.07, 6.45) is 6.72. The topological polar surface area (TPSA) is 368 Å². The van der Waals surface area contributed by atoms with Gasteiger partial charge >= 0.3 is 23.9 Å². The number of hydrogen-bond donors (Lipinski definition) is 4. The van der Waals surface area contributed by atoms with Gasteiger partial charge in [-0.15, -0.1) is 0 Å². The third kappa shape index (κ3) is 24.7. The van der Waals surface area contributed by atoms with E-state index in [-0.39, 0.29) is 57.4 Å². The Morgan fingerprint density at radius 2 is 0.545 bits per heavy atom. The maximum absolute atomic E-state index is 14.3. The molecule has 4 aromatic heterocycles. The molecule has 4 heterocycles. The Hall–Kier alpha value is -16.0. The Balaban J connectivity index is 0.000000162. The smallest absolute Gasteiger partial charge is 0.328 e. The molecule has 0 spiro atoms. The predicted octanol–water partition coefficient (Wildman–Crippen LogP) is 23.2. The van der Waals surface area contributed by atoms with Crippen LogP contribution < -0.4 is 21.3 Å². The van der Waals surface area contributed by atoms with Crippen LogP contribution in [0.15, 0.2) is 261 Å². The van der Waals surface area contributed by atoms with E-state index in [1.807, 2.05) is 48.5 Å². The number of hydrogen-bond acceptors (Lipinski definition) is 20. The molecule has 0 saturated heterocycles. The summed E-state index contributed by atoms with van der Waals surface area (Å²) in [5, 5.41) is 51.7. The van der Waals surface area contributed by atoms with Gasteiger partial charge in [-0.1, -0.05) is 214 Å². The Labute approximate surface area is 865 Å². The maximum atomic E-state index is 14.3. The molecule has 4 N–H and O–H groups in total. The third-order valence-electron chi connectivity index (χ3n) is 22.9. The number of fused-ring (bicyclic) bond motifs is 4. The van der Waals surface area contributed by atoms with E-state index in [2.05, 4.69) is 53.3 Å². The molecule has 4 atom stereocenters. The summed E-state index contributed by atoms with van der Waals surface area (Å²) >= 11 is 50.6. The molecule has 145 heavy (non-hydrogen) atoms. The number of benzene rings is 12. The van der Waals surface area contributed by atoms with Crippen molar-refractivity contribution in [3.8, 4) is 68.8 Å². The van der Waals surface area contributed by atoms with Crippen LogP contribution in [0.4, 0.5) is 17.6 Å². The van der Waals surface area contributed by atoms with Gasteiger partial charge in [0.25, 0.3) is 23.6 Å². The van der Waals surface area contributed by atoms with E-state index < -0.39 is 101 Å². The maximum Gasteiger partial charge on any atom is 0.328 e. The van der Waals surface area contributed by atoms with Crippen LogP contribution in [-0.2, 0) is 63.8 Å². The fourth-order valence-corrected chi connectivity index (χ4v) is 18.4. The normalized spacial score (nSPS) is 11.5. The Bertz CT molecular complexity index is 7390. The summed E-state index contributed by atoms with van der Waals surface area (Å²) in [5.41, 5.74) is 11.5. The van der Waals surface area contributed by atoms with Crippen LogP contribution in [0.2, 0.25) is 40.2 Å². The molecular weight excluding hydrogens is 2030 g/mol. The zero-order valence-electron chi connectivity index (χ0n) is 76.5. The van der Waals surface area contributed by atoms with Gasteiger partial charge in [0, 0.05) is 132 Å². The minimum atomic E-state index is -1.23. The lowest BCUT2D eigenvalue weighted by Gasteiger charge is -2.19. The molecule has 0 aliphatic heterocycles. The van der Waals surface area contributed by atoms with Crippen LogP contribution in [0.3, 0.4) is 0 Å². The average molecular weight is 2100 g/mol. The second-order valence-corrected chi connectivity index (χ2v) is 35.0. The lowest BCUT2D eigenvalue weighted by atomic mass is 9.94. The highest BCUT2D eigenvalue weighted by molar-refractivity contribution is 6.41. The summed E-state index contributed by atoms with van der Waals surface area (Å²) in [6, 6.07) is 66.4. The van der Waals surface area contributed by atoms with Crippen LogP contribution in [0.25, 0.3) is 88.1 Å². The van der Waals surface area contributed by atoms with Crippen molar-refractivity contribution in [2.24, 2.45) is 0 Å². The molecule has 4 amide bonds. The first-order chi connectivity index (χ1) is 69.7. The van der Waals surface area contributed by atoms with Crippen molar-refractivity contribution in [2.45, 2.75) is 56.8 Å². The van der Waals surface area contributed by atoms with Gasteiger partial charge in [-0.25, -0.2) is 36.7 Å². The van der Waals surface area contributed by atoms with E-state index in [0.717, 1.165) is 64.2 Å². The largest absolute Gasteiger partial charge is 0.467 e. The number of esters is 4. The first-order valence-corrected chi connectivity index (χ1v) is 46.4. The van der Waals surface area contributed by atoms with Crippen molar-refractivity contribution in [3.63, 3.8) is 0 Å². The van der Waals surface area contributed by atoms with Crippen molar-refractivity contribution >= 4 is 184 Å². The summed E-state index contributed by atoms with van der Waals surface area (Å²) < 4.78 is 76.4. The second kappa shape index (κ2) is 48.7. The lowest BCUT2D eigenvalue weighted by molar-refractivity contribution is -0.143. The summed E-state index contributed by atoms with van der Waals surface area (Å²) in [7, 11) is 4.82. The number of aryl methyl sites for hydroxylation is 1. The van der Waals surface area contributed by atoms with E-state index in [1.54, 1.807) is 159 Å². The highest BCUT2D eigenvalue weighted by Crippen LogP contribution is 2.43. The number of methoxy groups -OCH3 is 4. The van der Waals surface area contributed by atoms with Gasteiger partial charge < -0.3 is 40.2 Å². The van der Waals surface area contributed by atoms with Crippen molar-refractivity contribution in [2.75, 3.05) is 28.4 Å². The average Bonchev–Trinajstić information content (AvgIpc) is 0.770. The Morgan fingerprint density at radius 3 is 0.855 bits per heavy atom. The molecule has 16 aromatic rings. The van der Waals surface area contributed by atoms with Gasteiger partial charge in [-0.05, 0) is 150 Å². The first-order valence-electron chi connectivity index (χ1n) is 43.3. The van der Waals surface area contributed by atoms with Gasteiger partial charge in [0.1, 0.15) is 53.0 Å². The number of ether oxygens (including phenoxy) is 4. The minimum absolute atomic E-state index is 0.0297. The van der Waals surface area contributed by atoms with Crippen molar-refractivity contribution < 1.29 is 74.9 Å². The van der Waals surface area contributed by atoms with E-state index in [1.165, 1.54) is 69.9 Å². The highest BCUT2D eigenvalue weighted by Gasteiger charge is 2.33. The molecule has 0 aliphatic rings. The Kier molecular flexibility index (Phi) is 35.7. The van der Waals surface area contributed by atoms with Gasteiger partial charge in [0.05, 0.1) is 139 Å². The molecule has 12 aromatic carbocycles. The number of halogens is 12. The van der Waals surface area contributed by atoms with E-state index in [9.17, 15) is 61.2 Å². The second-order valence-electron chi connectivity index (χ2n) is 31.8. The van der Waals surface area contributed by atoms with Crippen LogP contribution in [-0.4, -0.2) is 120 Å². The van der Waals surface area contributed by atoms with Gasteiger partial charge in [0.15, 0.2) is 0 Å². The quantitative estimate of drug-likeness (QED) is 0.0248. The van der Waals surface area contributed by atoms with Gasteiger partial charge in [-0.3, -0.25) is 39.1 Å². The standard InChI is InChI=1S/C28H21ClFN3O3.C27H17Cl4N3O3.C27H18Cl2FN3O3.C27H18ClF2N3O3/c1-16-5-3-7-23(30)25(16)27(34)33-24(28(35)36-2)14-18-9-11-21(26-19(18)6-4-12-32-26)20-10-8-17(15-31)13-22(20)29;1-37-27(36)22(34-26(35)24-18(28)5-2-6-19(24)29)12-15-7-8-17(25-16(15)4-3-9-33-25)23-20(30)10-14(13-32)11-21(23)31;1-36-27(35)23(33-26(34)24-20(28)5-2-6-22(24)30)13-16-8-10-19(25-17(16)4-3-11-32-25)18-9-7-15(14-31)12-21(18)29;1-36-27(35)23(33-26(34)24-21(29)5-2-6-22(24)30)13-16-8-10-19(25-17(16)4-3-11-32-25)18-9-7-15(14-31)12-20(18)28/h3-13,24H,14H2,1-2H3,(H,33,34);2-11,22H,12H2,1H3,(H,34,35);2*2-12,23H,13H2,1H3,(H,33,34)/t24-;22-;2*23-/m0000/s1. The number of amides is 4. The fraction of sp³-hybridized carbons (Fsp3) is 0.119. The SMILES string of the molecule is COC(=O)[C@H](Cc1ccc(-c2c(Cl)cc(C#N)cc2Cl)c2ncccc12)NC(=O)c1c(Cl)cccc1Cl.COC(=O)[C@H](Cc1ccc(-c2ccc(C#N)cc2Cl)c2ncccc12)NC(=O)c1c(C)cccc1F.COC(=O)[C@H](Cc1ccc(-c2ccc(C#N)cc2Cl)c2ncccc12)NC(=O)c1c(F)cccc1Cl.COC(=O)[C@H](Cc1ccc(-c2ccc(C#N)cc2Cl)c2ncccc12)NC(=O)c1c(F)cccc1F. The number of pyridine rings is 4. The van der Waals surface area contributed by atoms with E-state index in [4.69, 9.17) is 128 Å². The number of nitrogens with zero attached hydrogens (tertiary/aromatic N) is 8. The zero-order chi connectivity index (χ0) is 104. The van der Waals surface area contributed by atoms with Crippen molar-refractivity contribution in [3.05, 3.63) is 397 Å².